The molecule has 0 fully saturated rings. The summed E-state index contributed by atoms with van der Waals surface area (Å²) in [6, 6.07) is 13.2. The molecule has 0 aliphatic heterocycles. The highest BCUT2D eigenvalue weighted by atomic mass is 32.1. The number of hydrogen-bond acceptors (Lipinski definition) is 5. The predicted octanol–water partition coefficient (Wildman–Crippen LogP) is 2.94. The molecule has 122 valence electrons. The molecular weight excluding hydrogens is 322 g/mol. The van der Waals surface area contributed by atoms with E-state index < -0.39 is 0 Å². The number of ether oxygens (including phenoxy) is 1. The van der Waals surface area contributed by atoms with E-state index in [0.717, 1.165) is 16.3 Å². The van der Waals surface area contributed by atoms with Crippen molar-refractivity contribution in [3.05, 3.63) is 65.9 Å². The molecule has 0 radical (unpaired) electrons. The van der Waals surface area contributed by atoms with Crippen LogP contribution in [0.15, 0.2) is 60.2 Å². The van der Waals surface area contributed by atoms with Crippen molar-refractivity contribution >= 4 is 17.2 Å². The van der Waals surface area contributed by atoms with Crippen LogP contribution in [0.2, 0.25) is 0 Å². The molecule has 1 aromatic carbocycles. The minimum atomic E-state index is -0.137. The van der Waals surface area contributed by atoms with Crippen LogP contribution in [0.1, 0.15) is 5.69 Å². The number of nitrogens with one attached hydrogen (secondary N) is 1. The highest BCUT2D eigenvalue weighted by Gasteiger charge is 2.06. The number of carbonyl (C=O) groups excluding carboxylic acids is 1. The van der Waals surface area contributed by atoms with Crippen molar-refractivity contribution in [2.24, 2.45) is 0 Å². The number of aromatic nitrogens is 2. The second kappa shape index (κ2) is 8.21. The van der Waals surface area contributed by atoms with Crippen LogP contribution in [0.5, 0.6) is 5.75 Å². The Labute approximate surface area is 144 Å². The van der Waals surface area contributed by atoms with Gasteiger partial charge in [-0.15, -0.1) is 11.3 Å². The lowest BCUT2D eigenvalue weighted by molar-refractivity contribution is -0.123. The second-order valence-corrected chi connectivity index (χ2v) is 5.95. The molecule has 6 heteroatoms. The first-order valence-corrected chi connectivity index (χ1v) is 8.48. The molecule has 0 atom stereocenters. The van der Waals surface area contributed by atoms with E-state index in [9.17, 15) is 4.79 Å². The number of carbonyl (C=O) groups is 1. The molecule has 0 unspecified atom stereocenters. The monoisotopic (exact) mass is 339 g/mol. The number of hydrogen-bond donors (Lipinski definition) is 1. The lowest BCUT2D eigenvalue weighted by atomic mass is 10.3. The molecule has 0 aliphatic carbocycles. The standard InChI is InChI=1S/C18H17N3O2S/c22-17(12-23-16-6-2-1-3-7-16)20-10-8-15-13-24-18(21-15)14-5-4-9-19-11-14/h1-7,9,11,13H,8,10,12H2,(H,20,22). The Morgan fingerprint density at radius 1 is 1.17 bits per heavy atom. The molecule has 1 N–H and O–H groups in total. The first-order chi connectivity index (χ1) is 11.8. The zero-order chi connectivity index (χ0) is 16.6. The van der Waals surface area contributed by atoms with Gasteiger partial charge in [-0.3, -0.25) is 9.78 Å². The quantitative estimate of drug-likeness (QED) is 0.719. The molecular formula is C18H17N3O2S. The number of amides is 1. The van der Waals surface area contributed by atoms with Crippen molar-refractivity contribution in [2.45, 2.75) is 6.42 Å². The van der Waals surface area contributed by atoms with E-state index in [1.165, 1.54) is 0 Å². The van der Waals surface area contributed by atoms with Crippen LogP contribution in [0.3, 0.4) is 0 Å². The van der Waals surface area contributed by atoms with E-state index in [-0.39, 0.29) is 12.5 Å². The normalized spacial score (nSPS) is 10.3. The van der Waals surface area contributed by atoms with Gasteiger partial charge >= 0.3 is 0 Å². The third-order valence-corrected chi connectivity index (χ3v) is 4.22. The van der Waals surface area contributed by atoms with Crippen molar-refractivity contribution < 1.29 is 9.53 Å². The van der Waals surface area contributed by atoms with E-state index in [1.807, 2.05) is 47.8 Å². The van der Waals surface area contributed by atoms with Gasteiger partial charge in [-0.05, 0) is 24.3 Å². The molecule has 0 saturated heterocycles. The Morgan fingerprint density at radius 2 is 2.04 bits per heavy atom. The highest BCUT2D eigenvalue weighted by molar-refractivity contribution is 7.13. The summed E-state index contributed by atoms with van der Waals surface area (Å²) in [5, 5.41) is 5.79. The molecule has 0 spiro atoms. The zero-order valence-electron chi connectivity index (χ0n) is 13.0. The maximum absolute atomic E-state index is 11.8. The number of para-hydroxylation sites is 1. The number of thiazole rings is 1. The lowest BCUT2D eigenvalue weighted by Crippen LogP contribution is -2.30. The maximum atomic E-state index is 11.8. The SMILES string of the molecule is O=C(COc1ccccc1)NCCc1csc(-c2cccnc2)n1. The molecule has 5 nitrogen and oxygen atoms in total. The van der Waals surface area contributed by atoms with Crippen LogP contribution >= 0.6 is 11.3 Å². The summed E-state index contributed by atoms with van der Waals surface area (Å²) < 4.78 is 5.40. The molecule has 0 saturated carbocycles. The van der Waals surface area contributed by atoms with Crippen LogP contribution in [-0.2, 0) is 11.2 Å². The topological polar surface area (TPSA) is 64.1 Å². The Bertz CT molecular complexity index is 775. The van der Waals surface area contributed by atoms with Crippen molar-refractivity contribution in [1.82, 2.24) is 15.3 Å². The first kappa shape index (κ1) is 16.1. The van der Waals surface area contributed by atoms with Crippen molar-refractivity contribution in [1.29, 1.82) is 0 Å². The summed E-state index contributed by atoms with van der Waals surface area (Å²) in [6.45, 7) is 0.551. The maximum Gasteiger partial charge on any atom is 0.257 e. The average Bonchev–Trinajstić information content (AvgIpc) is 3.11. The van der Waals surface area contributed by atoms with Crippen molar-refractivity contribution in [2.75, 3.05) is 13.2 Å². The van der Waals surface area contributed by atoms with Gasteiger partial charge in [-0.1, -0.05) is 18.2 Å². The second-order valence-electron chi connectivity index (χ2n) is 5.09. The van der Waals surface area contributed by atoms with E-state index in [0.29, 0.717) is 18.7 Å². The van der Waals surface area contributed by atoms with Gasteiger partial charge in [0.1, 0.15) is 10.8 Å². The van der Waals surface area contributed by atoms with Gasteiger partial charge in [0.25, 0.3) is 5.91 Å². The van der Waals surface area contributed by atoms with Crippen LogP contribution < -0.4 is 10.1 Å². The highest BCUT2D eigenvalue weighted by Crippen LogP contribution is 2.22. The molecule has 2 aromatic heterocycles. The molecule has 24 heavy (non-hydrogen) atoms. The summed E-state index contributed by atoms with van der Waals surface area (Å²) in [4.78, 5) is 20.4. The number of benzene rings is 1. The zero-order valence-corrected chi connectivity index (χ0v) is 13.8. The van der Waals surface area contributed by atoms with Gasteiger partial charge in [-0.25, -0.2) is 4.98 Å². The fourth-order valence-corrected chi connectivity index (χ4v) is 2.94. The molecule has 0 aliphatic rings. The molecule has 0 bridgehead atoms. The van der Waals surface area contributed by atoms with E-state index in [2.05, 4.69) is 15.3 Å². The van der Waals surface area contributed by atoms with E-state index in [4.69, 9.17) is 4.74 Å². The smallest absolute Gasteiger partial charge is 0.257 e. The number of pyridine rings is 1. The van der Waals surface area contributed by atoms with Crippen LogP contribution in [0, 0.1) is 0 Å². The Balaban J connectivity index is 1.42. The van der Waals surface area contributed by atoms with Gasteiger partial charge in [0.2, 0.25) is 0 Å². The first-order valence-electron chi connectivity index (χ1n) is 7.60. The Morgan fingerprint density at radius 3 is 2.83 bits per heavy atom. The van der Waals surface area contributed by atoms with Crippen LogP contribution in [-0.4, -0.2) is 29.0 Å². The summed E-state index contributed by atoms with van der Waals surface area (Å²) in [5.74, 6) is 0.551. The van der Waals surface area contributed by atoms with Gasteiger partial charge in [-0.2, -0.15) is 0 Å². The summed E-state index contributed by atoms with van der Waals surface area (Å²) in [7, 11) is 0. The summed E-state index contributed by atoms with van der Waals surface area (Å²) in [6.07, 6.45) is 4.23. The predicted molar refractivity (Wildman–Crippen MR) is 94.0 cm³/mol. The molecule has 1 amide bonds. The van der Waals surface area contributed by atoms with Crippen molar-refractivity contribution in [3.8, 4) is 16.3 Å². The molecule has 2 heterocycles. The van der Waals surface area contributed by atoms with E-state index in [1.54, 1.807) is 23.7 Å². The minimum absolute atomic E-state index is 0.0159. The van der Waals surface area contributed by atoms with Gasteiger partial charge in [0.05, 0.1) is 5.69 Å². The van der Waals surface area contributed by atoms with Gasteiger partial charge < -0.3 is 10.1 Å². The van der Waals surface area contributed by atoms with Gasteiger partial charge in [0.15, 0.2) is 6.61 Å². The summed E-state index contributed by atoms with van der Waals surface area (Å²) in [5.41, 5.74) is 1.97. The third kappa shape index (κ3) is 4.63. The fraction of sp³-hybridized carbons (Fsp3) is 0.167. The molecule has 3 aromatic rings. The van der Waals surface area contributed by atoms with Crippen LogP contribution in [0.4, 0.5) is 0 Å². The third-order valence-electron chi connectivity index (χ3n) is 3.28. The lowest BCUT2D eigenvalue weighted by Gasteiger charge is -2.06. The number of nitrogens with zero attached hydrogens (tertiary/aromatic N) is 2. The van der Waals surface area contributed by atoms with Crippen LogP contribution in [0.25, 0.3) is 10.6 Å². The fourth-order valence-electron chi connectivity index (χ4n) is 2.09. The largest absolute Gasteiger partial charge is 0.484 e. The average molecular weight is 339 g/mol. The summed E-state index contributed by atoms with van der Waals surface area (Å²) >= 11 is 1.58. The van der Waals surface area contributed by atoms with Crippen molar-refractivity contribution in [3.63, 3.8) is 0 Å². The molecule has 3 rings (SSSR count). The Kier molecular flexibility index (Phi) is 5.52. The number of rotatable bonds is 7. The minimum Gasteiger partial charge on any atom is -0.484 e. The van der Waals surface area contributed by atoms with E-state index >= 15 is 0 Å². The van der Waals surface area contributed by atoms with Gasteiger partial charge in [0, 0.05) is 36.3 Å². The Hall–Kier alpha value is -2.73.